The zero-order valence-corrected chi connectivity index (χ0v) is 52.4. The molecule has 0 fully saturated rings. The molecule has 0 spiro atoms. The third-order valence-electron chi connectivity index (χ3n) is 14.9. The van der Waals surface area contributed by atoms with Gasteiger partial charge >= 0.3 is 17.9 Å². The summed E-state index contributed by atoms with van der Waals surface area (Å²) in [5.41, 5.74) is 0. The number of hydrogen-bond donors (Lipinski definition) is 0. The quantitative estimate of drug-likeness (QED) is 0.0261. The first-order valence-electron chi connectivity index (χ1n) is 34.1. The Morgan fingerprint density at radius 2 is 0.494 bits per heavy atom. The molecule has 0 saturated carbocycles. The number of esters is 3. The van der Waals surface area contributed by atoms with Gasteiger partial charge in [0.2, 0.25) is 0 Å². The molecule has 0 aromatic heterocycles. The summed E-state index contributed by atoms with van der Waals surface area (Å²) in [6, 6.07) is 0. The molecule has 6 heteroatoms. The summed E-state index contributed by atoms with van der Waals surface area (Å²) in [6.07, 6.45) is 89.2. The molecule has 0 radical (unpaired) electrons. The van der Waals surface area contributed by atoms with Crippen molar-refractivity contribution in [3.63, 3.8) is 0 Å². The van der Waals surface area contributed by atoms with Crippen molar-refractivity contribution in [2.75, 3.05) is 13.2 Å². The molecule has 1 unspecified atom stereocenters. The third-order valence-corrected chi connectivity index (χ3v) is 14.9. The van der Waals surface area contributed by atoms with E-state index in [9.17, 15) is 14.4 Å². The minimum absolute atomic E-state index is 0.0957. The van der Waals surface area contributed by atoms with Crippen molar-refractivity contribution in [1.29, 1.82) is 0 Å². The molecule has 0 amide bonds. The first-order chi connectivity index (χ1) is 39.0. The van der Waals surface area contributed by atoms with Gasteiger partial charge in [0.1, 0.15) is 13.2 Å². The van der Waals surface area contributed by atoms with Crippen LogP contribution in [0.1, 0.15) is 342 Å². The maximum atomic E-state index is 12.9. The van der Waals surface area contributed by atoms with Crippen LogP contribution in [0.5, 0.6) is 0 Å². The van der Waals surface area contributed by atoms with Crippen molar-refractivity contribution < 1.29 is 28.6 Å². The van der Waals surface area contributed by atoms with Gasteiger partial charge in [-0.25, -0.2) is 0 Å². The fourth-order valence-corrected chi connectivity index (χ4v) is 9.85. The largest absolute Gasteiger partial charge is 0.462 e. The van der Waals surface area contributed by atoms with Gasteiger partial charge in [-0.15, -0.1) is 0 Å². The van der Waals surface area contributed by atoms with Crippen LogP contribution in [0.25, 0.3) is 0 Å². The highest BCUT2D eigenvalue weighted by Gasteiger charge is 2.19. The molecule has 79 heavy (non-hydrogen) atoms. The predicted molar refractivity (Wildman–Crippen MR) is 344 cm³/mol. The number of allylic oxidation sites excluding steroid dienone is 14. The van der Waals surface area contributed by atoms with Gasteiger partial charge in [0, 0.05) is 19.3 Å². The lowest BCUT2D eigenvalue weighted by atomic mass is 10.0. The molecular weight excluding hydrogens is 973 g/mol. The van der Waals surface area contributed by atoms with Gasteiger partial charge in [-0.05, 0) is 70.6 Å². The van der Waals surface area contributed by atoms with Crippen LogP contribution in [-0.4, -0.2) is 37.2 Å². The Morgan fingerprint density at radius 1 is 0.266 bits per heavy atom. The van der Waals surface area contributed by atoms with Crippen LogP contribution >= 0.6 is 0 Å². The van der Waals surface area contributed by atoms with E-state index in [0.29, 0.717) is 19.3 Å². The molecule has 0 aliphatic heterocycles. The minimum Gasteiger partial charge on any atom is -0.462 e. The van der Waals surface area contributed by atoms with E-state index in [1.165, 1.54) is 205 Å². The Hall–Kier alpha value is -3.41. The van der Waals surface area contributed by atoms with Crippen molar-refractivity contribution >= 4 is 17.9 Å². The third kappa shape index (κ3) is 65.3. The lowest BCUT2D eigenvalue weighted by Gasteiger charge is -2.18. The molecule has 0 aliphatic rings. The van der Waals surface area contributed by atoms with Crippen LogP contribution in [0.15, 0.2) is 85.1 Å². The molecule has 0 aromatic rings. The van der Waals surface area contributed by atoms with E-state index in [2.05, 4.69) is 106 Å². The van der Waals surface area contributed by atoms with Gasteiger partial charge in [-0.1, -0.05) is 337 Å². The van der Waals surface area contributed by atoms with Crippen molar-refractivity contribution in [2.24, 2.45) is 0 Å². The fraction of sp³-hybridized carbons (Fsp3) is 0.767. The SMILES string of the molecule is CC/C=C\C/C=C\C/C=C\C/C=C\C/C=C\C/C=C\C/C=C\CCCC(=O)OC(COC(=O)CCCCCCCCCCCC)COC(=O)CCCCCCCCCCCCCCCCCCCCCCCCCCCCCC. The van der Waals surface area contributed by atoms with E-state index in [-0.39, 0.29) is 37.5 Å². The Balaban J connectivity index is 4.25. The van der Waals surface area contributed by atoms with Crippen LogP contribution < -0.4 is 0 Å². The van der Waals surface area contributed by atoms with E-state index in [1.807, 2.05) is 0 Å². The Kier molecular flexibility index (Phi) is 64.2. The summed E-state index contributed by atoms with van der Waals surface area (Å²) in [5.74, 6) is -0.942. The Labute approximate surface area is 490 Å². The van der Waals surface area contributed by atoms with Gasteiger partial charge in [0.25, 0.3) is 0 Å². The monoisotopic (exact) mass is 1100 g/mol. The number of carbonyl (C=O) groups excluding carboxylic acids is 3. The van der Waals surface area contributed by atoms with E-state index in [0.717, 1.165) is 89.9 Å². The number of unbranched alkanes of at least 4 members (excludes halogenated alkanes) is 37. The zero-order chi connectivity index (χ0) is 57.1. The van der Waals surface area contributed by atoms with Gasteiger partial charge in [0.05, 0.1) is 0 Å². The first kappa shape index (κ1) is 75.6. The standard InChI is InChI=1S/C73H128O6/c1-4-7-10-13-16-19-22-24-26-28-30-32-34-35-36-37-38-40-41-43-45-47-49-51-54-57-60-63-66-72(75)78-69-70(68-77-71(74)65-62-59-56-53-21-18-15-12-9-6-3)79-73(76)67-64-61-58-55-52-50-48-46-44-42-39-33-31-29-27-25-23-20-17-14-11-8-5-2/h8,11,17,20,25,27,31,33,42,44,48,50,55,58,70H,4-7,9-10,12-16,18-19,21-24,26,28-30,32,34-41,43,45-47,49,51-54,56-57,59-69H2,1-3H3/b11-8-,20-17-,27-25-,33-31-,44-42-,50-48-,58-55-. The lowest BCUT2D eigenvalue weighted by molar-refractivity contribution is -0.167. The summed E-state index contributed by atoms with van der Waals surface area (Å²) < 4.78 is 16.9. The fourth-order valence-electron chi connectivity index (χ4n) is 9.85. The second kappa shape index (κ2) is 67.1. The molecule has 0 bridgehead atoms. The van der Waals surface area contributed by atoms with Gasteiger partial charge in [-0.2, -0.15) is 0 Å². The maximum absolute atomic E-state index is 12.9. The zero-order valence-electron chi connectivity index (χ0n) is 52.4. The lowest BCUT2D eigenvalue weighted by Crippen LogP contribution is -2.30. The van der Waals surface area contributed by atoms with Gasteiger partial charge in [-0.3, -0.25) is 14.4 Å². The summed E-state index contributed by atoms with van der Waals surface area (Å²) >= 11 is 0. The van der Waals surface area contributed by atoms with E-state index >= 15 is 0 Å². The average Bonchev–Trinajstić information content (AvgIpc) is 3.45. The molecular formula is C73H128O6. The predicted octanol–water partition coefficient (Wildman–Crippen LogP) is 23.4. The smallest absolute Gasteiger partial charge is 0.306 e. The van der Waals surface area contributed by atoms with Crippen molar-refractivity contribution in [3.8, 4) is 0 Å². The topological polar surface area (TPSA) is 78.9 Å². The summed E-state index contributed by atoms with van der Waals surface area (Å²) in [7, 11) is 0. The van der Waals surface area contributed by atoms with Crippen LogP contribution in [0, 0.1) is 0 Å². The molecule has 0 heterocycles. The van der Waals surface area contributed by atoms with Crippen LogP contribution in [0.2, 0.25) is 0 Å². The number of ether oxygens (including phenoxy) is 3. The summed E-state index contributed by atoms with van der Waals surface area (Å²) in [5, 5.41) is 0. The van der Waals surface area contributed by atoms with Crippen LogP contribution in [0.3, 0.4) is 0 Å². The highest BCUT2D eigenvalue weighted by atomic mass is 16.6. The summed E-state index contributed by atoms with van der Waals surface area (Å²) in [4.78, 5) is 38.2. The molecule has 6 nitrogen and oxygen atoms in total. The second-order valence-corrected chi connectivity index (χ2v) is 22.7. The molecule has 1 atom stereocenters. The average molecular weight is 1100 g/mol. The molecule has 0 saturated heterocycles. The van der Waals surface area contributed by atoms with Gasteiger partial charge < -0.3 is 14.2 Å². The number of hydrogen-bond acceptors (Lipinski definition) is 6. The van der Waals surface area contributed by atoms with Gasteiger partial charge in [0.15, 0.2) is 6.10 Å². The molecule has 0 N–H and O–H groups in total. The minimum atomic E-state index is -0.805. The molecule has 456 valence electrons. The Bertz CT molecular complexity index is 1500. The highest BCUT2D eigenvalue weighted by molar-refractivity contribution is 5.71. The first-order valence-corrected chi connectivity index (χ1v) is 34.1. The number of rotatable bonds is 62. The molecule has 0 rings (SSSR count). The van der Waals surface area contributed by atoms with Crippen molar-refractivity contribution in [1.82, 2.24) is 0 Å². The highest BCUT2D eigenvalue weighted by Crippen LogP contribution is 2.18. The normalized spacial score (nSPS) is 12.6. The van der Waals surface area contributed by atoms with E-state index in [1.54, 1.807) is 0 Å². The summed E-state index contributed by atoms with van der Waals surface area (Å²) in [6.45, 7) is 6.51. The van der Waals surface area contributed by atoms with Crippen molar-refractivity contribution in [2.45, 2.75) is 348 Å². The maximum Gasteiger partial charge on any atom is 0.306 e. The van der Waals surface area contributed by atoms with Crippen LogP contribution in [-0.2, 0) is 28.6 Å². The van der Waals surface area contributed by atoms with Crippen LogP contribution in [0.4, 0.5) is 0 Å². The Morgan fingerprint density at radius 3 is 0.759 bits per heavy atom. The second-order valence-electron chi connectivity index (χ2n) is 22.7. The number of carbonyl (C=O) groups is 3. The molecule has 0 aliphatic carbocycles. The van der Waals surface area contributed by atoms with E-state index in [4.69, 9.17) is 14.2 Å². The van der Waals surface area contributed by atoms with Crippen molar-refractivity contribution in [3.05, 3.63) is 85.1 Å². The van der Waals surface area contributed by atoms with E-state index < -0.39 is 6.10 Å². The molecule has 0 aromatic carbocycles.